The van der Waals surface area contributed by atoms with E-state index >= 15 is 0 Å². The van der Waals surface area contributed by atoms with Crippen LogP contribution in [0.3, 0.4) is 0 Å². The minimum absolute atomic E-state index is 0.460. The number of amides is 1. The summed E-state index contributed by atoms with van der Waals surface area (Å²) < 4.78 is 10.9. The van der Waals surface area contributed by atoms with Crippen LogP contribution in [0.1, 0.15) is 33.3 Å². The minimum Gasteiger partial charge on any atom is -0.490 e. The molecule has 1 aromatic carbocycles. The predicted molar refractivity (Wildman–Crippen MR) is 124 cm³/mol. The van der Waals surface area contributed by atoms with Gasteiger partial charge in [-0.2, -0.15) is 0 Å². The lowest BCUT2D eigenvalue weighted by Gasteiger charge is -2.19. The molecule has 0 fully saturated rings. The van der Waals surface area contributed by atoms with Crippen LogP contribution in [0, 0.1) is 0 Å². The molecule has 0 atom stereocenters. The maximum absolute atomic E-state index is 11.8. The molecule has 168 valence electrons. The number of benzene rings is 1. The summed E-state index contributed by atoms with van der Waals surface area (Å²) in [6.07, 6.45) is 3.73. The Kier molecular flexibility index (Phi) is 9.61. The van der Waals surface area contributed by atoms with Gasteiger partial charge in [0.15, 0.2) is 5.96 Å². The Morgan fingerprint density at radius 3 is 2.55 bits per heavy atom. The fourth-order valence-corrected chi connectivity index (χ4v) is 2.59. The molecule has 0 unspecified atom stereocenters. The number of carbonyl (C=O) groups excluding carboxylic acids is 1. The van der Waals surface area contributed by atoms with Gasteiger partial charge in [0.05, 0.1) is 12.7 Å². The van der Waals surface area contributed by atoms with Crippen molar-refractivity contribution in [2.45, 2.75) is 39.7 Å². The number of pyridine rings is 1. The summed E-state index contributed by atoms with van der Waals surface area (Å²) in [5.41, 5.74) is 1.31. The van der Waals surface area contributed by atoms with Crippen LogP contribution < -0.4 is 20.7 Å². The van der Waals surface area contributed by atoms with E-state index in [2.05, 4.69) is 25.9 Å². The normalized spacial score (nSPS) is 11.5. The molecule has 0 saturated carbocycles. The number of nitrogens with one attached hydrogen (secondary N) is 3. The predicted octanol–water partition coefficient (Wildman–Crippen LogP) is 3.61. The van der Waals surface area contributed by atoms with E-state index in [0.717, 1.165) is 30.2 Å². The van der Waals surface area contributed by atoms with Crippen molar-refractivity contribution in [3.63, 3.8) is 0 Å². The monoisotopic (exact) mass is 427 g/mol. The molecule has 1 aromatic heterocycles. The lowest BCUT2D eigenvalue weighted by Crippen LogP contribution is -2.39. The summed E-state index contributed by atoms with van der Waals surface area (Å²) in [5, 5.41) is 9.22. The number of rotatable bonds is 9. The number of hydrogen-bond donors (Lipinski definition) is 3. The van der Waals surface area contributed by atoms with Crippen LogP contribution in [0.15, 0.2) is 53.8 Å². The number of carbonyl (C=O) groups is 1. The maximum Gasteiger partial charge on any atom is 0.412 e. The molecule has 0 aliphatic rings. The van der Waals surface area contributed by atoms with Gasteiger partial charge < -0.3 is 20.1 Å². The highest BCUT2D eigenvalue weighted by atomic mass is 16.6. The van der Waals surface area contributed by atoms with Crippen LogP contribution in [0.4, 0.5) is 10.5 Å². The lowest BCUT2D eigenvalue weighted by atomic mass is 10.1. The van der Waals surface area contributed by atoms with E-state index in [1.165, 1.54) is 0 Å². The van der Waals surface area contributed by atoms with E-state index in [-0.39, 0.29) is 0 Å². The van der Waals surface area contributed by atoms with E-state index in [1.807, 2.05) is 64.1 Å². The van der Waals surface area contributed by atoms with Crippen LogP contribution in [0.2, 0.25) is 0 Å². The molecule has 2 rings (SSSR count). The number of guanidine groups is 1. The second-order valence-electron chi connectivity index (χ2n) is 7.80. The SMILES string of the molecule is CCNC(=NCCc1ccc(NC(=O)OC(C)(C)C)cc1)NCCOc1cccnc1. The molecule has 0 aliphatic carbocycles. The number of anilines is 1. The van der Waals surface area contributed by atoms with Gasteiger partial charge in [0.1, 0.15) is 18.0 Å². The number of nitrogens with zero attached hydrogens (tertiary/aromatic N) is 2. The molecular weight excluding hydrogens is 394 g/mol. The van der Waals surface area contributed by atoms with E-state index in [4.69, 9.17) is 9.47 Å². The third-order valence-electron chi connectivity index (χ3n) is 3.91. The van der Waals surface area contributed by atoms with Gasteiger partial charge in [0.2, 0.25) is 0 Å². The van der Waals surface area contributed by atoms with Crippen molar-refractivity contribution < 1.29 is 14.3 Å². The second kappa shape index (κ2) is 12.4. The average Bonchev–Trinajstić information content (AvgIpc) is 2.72. The molecule has 2 aromatic rings. The van der Waals surface area contributed by atoms with Gasteiger partial charge in [-0.1, -0.05) is 12.1 Å². The Balaban J connectivity index is 1.75. The van der Waals surface area contributed by atoms with E-state index < -0.39 is 11.7 Å². The van der Waals surface area contributed by atoms with Gasteiger partial charge in [0.25, 0.3) is 0 Å². The highest BCUT2D eigenvalue weighted by Gasteiger charge is 2.16. The molecular formula is C23H33N5O3. The molecule has 0 radical (unpaired) electrons. The van der Waals surface area contributed by atoms with Crippen molar-refractivity contribution in [3.05, 3.63) is 54.4 Å². The van der Waals surface area contributed by atoms with Gasteiger partial charge >= 0.3 is 6.09 Å². The van der Waals surface area contributed by atoms with Crippen LogP contribution in [0.5, 0.6) is 5.75 Å². The van der Waals surface area contributed by atoms with E-state index in [0.29, 0.717) is 25.4 Å². The average molecular weight is 428 g/mol. The highest BCUT2D eigenvalue weighted by Crippen LogP contribution is 2.13. The summed E-state index contributed by atoms with van der Waals surface area (Å²) in [4.78, 5) is 20.5. The molecule has 1 heterocycles. The van der Waals surface area contributed by atoms with Crippen LogP contribution in [0.25, 0.3) is 0 Å². The molecule has 0 spiro atoms. The van der Waals surface area contributed by atoms with Gasteiger partial charge in [-0.05, 0) is 63.9 Å². The summed E-state index contributed by atoms with van der Waals surface area (Å²) >= 11 is 0. The number of ether oxygens (including phenoxy) is 2. The molecule has 0 saturated heterocycles. The minimum atomic E-state index is -0.523. The zero-order valence-corrected chi connectivity index (χ0v) is 18.8. The Bertz CT molecular complexity index is 817. The van der Waals surface area contributed by atoms with Crippen molar-refractivity contribution in [2.24, 2.45) is 4.99 Å². The first-order valence-corrected chi connectivity index (χ1v) is 10.5. The van der Waals surface area contributed by atoms with Gasteiger partial charge in [-0.3, -0.25) is 15.3 Å². The molecule has 1 amide bonds. The Hall–Kier alpha value is -3.29. The summed E-state index contributed by atoms with van der Waals surface area (Å²) in [5.74, 6) is 1.50. The van der Waals surface area contributed by atoms with E-state index in [9.17, 15) is 4.79 Å². The molecule has 8 heteroatoms. The first-order valence-electron chi connectivity index (χ1n) is 10.5. The first kappa shape index (κ1) is 24.0. The maximum atomic E-state index is 11.8. The quantitative estimate of drug-likeness (QED) is 0.321. The standard InChI is InChI=1S/C23H33N5O3/c1-5-25-21(27-15-16-30-20-7-6-13-24-17-20)26-14-12-18-8-10-19(11-9-18)28-22(29)31-23(2,3)4/h6-11,13,17H,5,12,14-16H2,1-4H3,(H,28,29)(H2,25,26,27). The van der Waals surface area contributed by atoms with Crippen LogP contribution in [-0.4, -0.2) is 48.9 Å². The summed E-state index contributed by atoms with van der Waals surface area (Å²) in [6, 6.07) is 11.4. The zero-order valence-electron chi connectivity index (χ0n) is 18.8. The van der Waals surface area contributed by atoms with E-state index in [1.54, 1.807) is 12.4 Å². The Morgan fingerprint density at radius 1 is 1.13 bits per heavy atom. The number of aromatic nitrogens is 1. The first-order chi connectivity index (χ1) is 14.9. The lowest BCUT2D eigenvalue weighted by molar-refractivity contribution is 0.0636. The van der Waals surface area contributed by atoms with Crippen molar-refractivity contribution in [1.29, 1.82) is 0 Å². The van der Waals surface area contributed by atoms with Crippen LogP contribution in [-0.2, 0) is 11.2 Å². The zero-order chi connectivity index (χ0) is 22.5. The van der Waals surface area contributed by atoms with Gasteiger partial charge in [-0.25, -0.2) is 4.79 Å². The fraction of sp³-hybridized carbons (Fsp3) is 0.435. The molecule has 0 bridgehead atoms. The topological polar surface area (TPSA) is 96.9 Å². The third-order valence-corrected chi connectivity index (χ3v) is 3.91. The largest absolute Gasteiger partial charge is 0.490 e. The molecule has 0 aliphatic heterocycles. The molecule has 31 heavy (non-hydrogen) atoms. The summed E-state index contributed by atoms with van der Waals surface area (Å²) in [7, 11) is 0. The van der Waals surface area contributed by atoms with Crippen molar-refractivity contribution in [1.82, 2.24) is 15.6 Å². The van der Waals surface area contributed by atoms with Crippen molar-refractivity contribution in [3.8, 4) is 5.75 Å². The van der Waals surface area contributed by atoms with Crippen LogP contribution >= 0.6 is 0 Å². The van der Waals surface area contributed by atoms with Gasteiger partial charge in [0, 0.05) is 25.0 Å². The number of aliphatic imine (C=N–C) groups is 1. The second-order valence-corrected chi connectivity index (χ2v) is 7.80. The smallest absolute Gasteiger partial charge is 0.412 e. The third kappa shape index (κ3) is 10.3. The number of hydrogen-bond acceptors (Lipinski definition) is 5. The Morgan fingerprint density at radius 2 is 1.90 bits per heavy atom. The van der Waals surface area contributed by atoms with Gasteiger partial charge in [-0.15, -0.1) is 0 Å². The van der Waals surface area contributed by atoms with Crippen molar-refractivity contribution in [2.75, 3.05) is 31.6 Å². The molecule has 3 N–H and O–H groups in total. The fourth-order valence-electron chi connectivity index (χ4n) is 2.59. The highest BCUT2D eigenvalue weighted by molar-refractivity contribution is 5.84. The summed E-state index contributed by atoms with van der Waals surface area (Å²) in [6.45, 7) is 10.1. The van der Waals surface area contributed by atoms with Crippen molar-refractivity contribution >= 4 is 17.7 Å². The molecule has 8 nitrogen and oxygen atoms in total. The Labute approximate surface area is 184 Å².